The van der Waals surface area contributed by atoms with Crippen LogP contribution in [0.4, 0.5) is 0 Å². The first kappa shape index (κ1) is 39.6. The van der Waals surface area contributed by atoms with Crippen molar-refractivity contribution in [3.05, 3.63) is 119 Å². The van der Waals surface area contributed by atoms with Gasteiger partial charge in [-0.25, -0.2) is 9.67 Å². The van der Waals surface area contributed by atoms with Gasteiger partial charge in [0.05, 0.1) is 22.4 Å². The molecule has 0 saturated heterocycles. The molecule has 3 aromatic carbocycles. The fourth-order valence-corrected chi connectivity index (χ4v) is 9.30. The Morgan fingerprint density at radius 2 is 1.52 bits per heavy atom. The largest absolute Gasteiger partial charge is 0.457 e. The molecular formula is C51H64N4O. The van der Waals surface area contributed by atoms with Gasteiger partial charge in [0.2, 0.25) is 0 Å². The van der Waals surface area contributed by atoms with Gasteiger partial charge in [-0.15, -0.1) is 0 Å². The number of rotatable bonds is 10. The molecule has 1 aliphatic carbocycles. The van der Waals surface area contributed by atoms with E-state index < -0.39 is 0 Å². The van der Waals surface area contributed by atoms with Crippen LogP contribution >= 0.6 is 0 Å². The van der Waals surface area contributed by atoms with Gasteiger partial charge in [-0.05, 0) is 121 Å². The third-order valence-electron chi connectivity index (χ3n) is 12.3. The standard InChI is InChI=1S/C51H64N4O/c1-30(2)22-36-20-21-52-48(23-36)54-46-17-15-14-16-42(46)43-19-18-40(29-47(43)54)56-41-27-38(51(11,12)13)26-39(28-41)55-35(10)49(34(9)53-55)50-44(32(5)6)24-37(31(3)4)25-45(50)33(7)8/h14-21,23-24,26-33,37,45,50H,22,25H2,1-13H3/t37-,45+,50?/m0/s1. The van der Waals surface area contributed by atoms with Crippen LogP contribution in [0.25, 0.3) is 33.3 Å². The lowest BCUT2D eigenvalue weighted by atomic mass is 9.63. The predicted molar refractivity (Wildman–Crippen MR) is 236 cm³/mol. The van der Waals surface area contributed by atoms with Gasteiger partial charge in [-0.3, -0.25) is 4.57 Å². The topological polar surface area (TPSA) is 44.9 Å². The molecule has 0 spiro atoms. The Morgan fingerprint density at radius 1 is 0.786 bits per heavy atom. The average Bonchev–Trinajstić information content (AvgIpc) is 3.62. The molecule has 0 bridgehead atoms. The van der Waals surface area contributed by atoms with E-state index in [2.05, 4.69) is 178 Å². The number of hydrogen-bond acceptors (Lipinski definition) is 3. The molecule has 5 heteroatoms. The zero-order valence-corrected chi connectivity index (χ0v) is 36.2. The van der Waals surface area contributed by atoms with Gasteiger partial charge in [-0.2, -0.15) is 5.10 Å². The van der Waals surface area contributed by atoms with Crippen LogP contribution < -0.4 is 4.74 Å². The highest BCUT2D eigenvalue weighted by Gasteiger charge is 2.39. The molecule has 56 heavy (non-hydrogen) atoms. The van der Waals surface area contributed by atoms with Crippen molar-refractivity contribution >= 4 is 21.8 Å². The first-order chi connectivity index (χ1) is 26.5. The number of aromatic nitrogens is 4. The number of nitrogens with zero attached hydrogens (tertiary/aromatic N) is 4. The van der Waals surface area contributed by atoms with E-state index in [0.717, 1.165) is 46.2 Å². The van der Waals surface area contributed by atoms with E-state index in [-0.39, 0.29) is 5.41 Å². The van der Waals surface area contributed by atoms with Gasteiger partial charge in [0.15, 0.2) is 0 Å². The van der Waals surface area contributed by atoms with Crippen LogP contribution in [0.1, 0.15) is 117 Å². The molecule has 0 radical (unpaired) electrons. The van der Waals surface area contributed by atoms with Crippen LogP contribution in [0.3, 0.4) is 0 Å². The Labute approximate surface area is 336 Å². The second kappa shape index (κ2) is 15.4. The Balaban J connectivity index is 1.33. The number of hydrogen-bond donors (Lipinski definition) is 0. The summed E-state index contributed by atoms with van der Waals surface area (Å²) in [6.45, 7) is 30.2. The Kier molecular flexibility index (Phi) is 10.9. The number of fused-ring (bicyclic) bond motifs is 3. The van der Waals surface area contributed by atoms with E-state index >= 15 is 0 Å². The third-order valence-corrected chi connectivity index (χ3v) is 12.3. The second-order valence-corrected chi connectivity index (χ2v) is 19.1. The first-order valence-electron chi connectivity index (χ1n) is 21.1. The molecule has 7 rings (SSSR count). The van der Waals surface area contributed by atoms with E-state index in [0.29, 0.717) is 41.4 Å². The molecular weight excluding hydrogens is 685 g/mol. The van der Waals surface area contributed by atoms with Gasteiger partial charge in [0.25, 0.3) is 0 Å². The SMILES string of the molecule is Cc1nn(-c2cc(Oc3ccc4c5ccccc5n(-c5cc(CC(C)C)ccn5)c4c3)cc(C(C)(C)C)c2)c(C)c1C1C(C(C)C)=C[C@H](C(C)C)C[C@@H]1C(C)C. The summed E-state index contributed by atoms with van der Waals surface area (Å²) in [6.07, 6.45) is 6.81. The van der Waals surface area contributed by atoms with E-state index in [1.807, 2.05) is 6.20 Å². The van der Waals surface area contributed by atoms with Crippen LogP contribution in [-0.2, 0) is 11.8 Å². The molecule has 6 aromatic rings. The van der Waals surface area contributed by atoms with Crippen LogP contribution in [0.2, 0.25) is 0 Å². The van der Waals surface area contributed by atoms with Crippen molar-refractivity contribution in [2.24, 2.45) is 35.5 Å². The number of benzene rings is 3. The van der Waals surface area contributed by atoms with Gasteiger partial charge in [0, 0.05) is 46.3 Å². The lowest BCUT2D eigenvalue weighted by Gasteiger charge is -2.41. The predicted octanol–water partition coefficient (Wildman–Crippen LogP) is 13.9. The maximum atomic E-state index is 6.89. The minimum Gasteiger partial charge on any atom is -0.457 e. The number of pyridine rings is 1. The van der Waals surface area contributed by atoms with Crippen LogP contribution in [0.5, 0.6) is 11.5 Å². The van der Waals surface area contributed by atoms with Gasteiger partial charge < -0.3 is 4.74 Å². The lowest BCUT2D eigenvalue weighted by molar-refractivity contribution is 0.232. The Morgan fingerprint density at radius 3 is 2.20 bits per heavy atom. The molecule has 1 aliphatic rings. The minimum atomic E-state index is -0.0956. The molecule has 0 amide bonds. The van der Waals surface area contributed by atoms with E-state index in [9.17, 15) is 0 Å². The summed E-state index contributed by atoms with van der Waals surface area (Å²) in [6, 6.07) is 26.1. The van der Waals surface area contributed by atoms with Gasteiger partial charge in [0.1, 0.15) is 17.3 Å². The molecule has 0 N–H and O–H groups in total. The fourth-order valence-electron chi connectivity index (χ4n) is 9.30. The van der Waals surface area contributed by atoms with Crippen LogP contribution in [0, 0.1) is 49.4 Å². The third kappa shape index (κ3) is 7.59. The highest BCUT2D eigenvalue weighted by atomic mass is 16.5. The second-order valence-electron chi connectivity index (χ2n) is 19.1. The maximum absolute atomic E-state index is 6.89. The maximum Gasteiger partial charge on any atom is 0.137 e. The minimum absolute atomic E-state index is 0.0956. The fraction of sp³-hybridized carbons (Fsp3) is 0.451. The van der Waals surface area contributed by atoms with Crippen molar-refractivity contribution in [1.29, 1.82) is 0 Å². The highest BCUT2D eigenvalue weighted by molar-refractivity contribution is 6.09. The van der Waals surface area contributed by atoms with Crippen LogP contribution in [0.15, 0.2) is 90.6 Å². The normalized spacial score (nSPS) is 17.9. The molecule has 3 aromatic heterocycles. The summed E-state index contributed by atoms with van der Waals surface area (Å²) >= 11 is 0. The van der Waals surface area contributed by atoms with Crippen molar-refractivity contribution in [2.45, 2.75) is 114 Å². The zero-order valence-electron chi connectivity index (χ0n) is 36.2. The lowest BCUT2D eigenvalue weighted by Crippen LogP contribution is -2.31. The quantitative estimate of drug-likeness (QED) is 0.131. The van der Waals surface area contributed by atoms with Crippen molar-refractivity contribution in [1.82, 2.24) is 19.3 Å². The molecule has 1 unspecified atom stereocenters. The summed E-state index contributed by atoms with van der Waals surface area (Å²) in [4.78, 5) is 4.89. The molecule has 0 fully saturated rings. The molecule has 0 aliphatic heterocycles. The zero-order chi connectivity index (χ0) is 40.2. The number of aryl methyl sites for hydroxylation is 1. The smallest absolute Gasteiger partial charge is 0.137 e. The number of ether oxygens (including phenoxy) is 1. The molecule has 3 heterocycles. The molecule has 3 atom stereocenters. The van der Waals surface area contributed by atoms with Crippen molar-refractivity contribution in [3.8, 4) is 23.0 Å². The molecule has 294 valence electrons. The van der Waals surface area contributed by atoms with Crippen molar-refractivity contribution in [2.75, 3.05) is 0 Å². The Hall–Kier alpha value is -4.64. The molecule has 5 nitrogen and oxygen atoms in total. The van der Waals surface area contributed by atoms with E-state index in [4.69, 9.17) is 14.8 Å². The summed E-state index contributed by atoms with van der Waals surface area (Å²) in [5.41, 5.74) is 11.0. The molecule has 0 saturated carbocycles. The van der Waals surface area contributed by atoms with E-state index in [1.165, 1.54) is 39.6 Å². The van der Waals surface area contributed by atoms with Gasteiger partial charge >= 0.3 is 0 Å². The first-order valence-corrected chi connectivity index (χ1v) is 21.1. The summed E-state index contributed by atoms with van der Waals surface area (Å²) in [5, 5.41) is 7.71. The van der Waals surface area contributed by atoms with Crippen LogP contribution in [-0.4, -0.2) is 19.3 Å². The summed E-state index contributed by atoms with van der Waals surface area (Å²) in [7, 11) is 0. The van der Waals surface area contributed by atoms with E-state index in [1.54, 1.807) is 5.57 Å². The van der Waals surface area contributed by atoms with Crippen molar-refractivity contribution in [3.63, 3.8) is 0 Å². The number of allylic oxidation sites excluding steroid dienone is 2. The monoisotopic (exact) mass is 749 g/mol. The Bertz CT molecular complexity index is 2390. The number of para-hydroxylation sites is 1. The summed E-state index contributed by atoms with van der Waals surface area (Å²) in [5.74, 6) is 6.32. The highest BCUT2D eigenvalue weighted by Crippen LogP contribution is 2.50. The summed E-state index contributed by atoms with van der Waals surface area (Å²) < 4.78 is 11.4. The van der Waals surface area contributed by atoms with Gasteiger partial charge in [-0.1, -0.05) is 106 Å². The van der Waals surface area contributed by atoms with Crippen molar-refractivity contribution < 1.29 is 4.74 Å². The average molecular weight is 749 g/mol.